The molecular formula is C10H17N3O2S. The smallest absolute Gasteiger partial charge is 0.154 e. The minimum atomic E-state index is -3.06. The fraction of sp³-hybridized carbons (Fsp3) is 0.600. The molecule has 0 atom stereocenters. The maximum absolute atomic E-state index is 11.0. The van der Waals surface area contributed by atoms with Gasteiger partial charge in [-0.3, -0.25) is 0 Å². The highest BCUT2D eigenvalue weighted by Gasteiger charge is 2.06. The molecule has 90 valence electrons. The van der Waals surface area contributed by atoms with Crippen molar-refractivity contribution < 1.29 is 8.42 Å². The van der Waals surface area contributed by atoms with Crippen molar-refractivity contribution in [1.29, 1.82) is 0 Å². The second kappa shape index (κ2) is 5.36. The molecule has 0 aromatic carbocycles. The van der Waals surface area contributed by atoms with Crippen molar-refractivity contribution >= 4 is 9.84 Å². The number of nitrogens with one attached hydrogen (secondary N) is 1. The lowest BCUT2D eigenvalue weighted by Gasteiger charge is -2.07. The van der Waals surface area contributed by atoms with Gasteiger partial charge in [-0.2, -0.15) is 0 Å². The molecule has 16 heavy (non-hydrogen) atoms. The number of nitrogens with zero attached hydrogens (tertiary/aromatic N) is 2. The quantitative estimate of drug-likeness (QED) is 0.816. The molecule has 0 saturated heterocycles. The zero-order valence-electron chi connectivity index (χ0n) is 9.77. The molecule has 1 heterocycles. The summed E-state index contributed by atoms with van der Waals surface area (Å²) in [5.74, 6) is 0.237. The molecule has 0 fully saturated rings. The first-order chi connectivity index (χ1) is 7.37. The normalized spacial score (nSPS) is 12.0. The molecular weight excluding hydrogens is 226 g/mol. The van der Waals surface area contributed by atoms with Crippen molar-refractivity contribution in [3.8, 4) is 0 Å². The third-order valence-electron chi connectivity index (χ3n) is 1.86. The van der Waals surface area contributed by atoms with Crippen molar-refractivity contribution in [3.63, 3.8) is 0 Å². The van der Waals surface area contributed by atoms with E-state index in [9.17, 15) is 8.42 Å². The third kappa shape index (κ3) is 5.18. The van der Waals surface area contributed by atoms with Crippen LogP contribution >= 0.6 is 0 Å². The van der Waals surface area contributed by atoms with E-state index in [-0.39, 0.29) is 5.75 Å². The van der Waals surface area contributed by atoms with E-state index in [1.54, 1.807) is 12.4 Å². The molecule has 0 aliphatic rings. The molecule has 1 aromatic rings. The molecule has 0 aliphatic heterocycles. The van der Waals surface area contributed by atoms with Crippen molar-refractivity contribution in [1.82, 2.24) is 15.3 Å². The number of rotatable bonds is 5. The molecule has 0 bridgehead atoms. The summed E-state index contributed by atoms with van der Waals surface area (Å²) in [4.78, 5) is 8.02. The summed E-state index contributed by atoms with van der Waals surface area (Å²) in [7, 11) is -3.06. The van der Waals surface area contributed by atoms with Crippen LogP contribution in [0.1, 0.15) is 25.2 Å². The molecule has 0 spiro atoms. The van der Waals surface area contributed by atoms with Crippen LogP contribution in [0.5, 0.6) is 0 Å². The summed E-state index contributed by atoms with van der Waals surface area (Å²) in [5, 5.41) is 3.23. The van der Waals surface area contributed by atoms with E-state index in [1.165, 1.54) is 6.26 Å². The van der Waals surface area contributed by atoms with E-state index in [0.717, 1.165) is 5.56 Å². The van der Waals surface area contributed by atoms with Crippen LogP contribution in [0.3, 0.4) is 0 Å². The van der Waals surface area contributed by atoms with Gasteiger partial charge in [0.05, 0.1) is 0 Å². The summed E-state index contributed by atoms with van der Waals surface area (Å²) in [6.45, 7) is 4.80. The van der Waals surface area contributed by atoms with Crippen LogP contribution in [0, 0.1) is 0 Å². The van der Waals surface area contributed by atoms with Gasteiger partial charge in [0.25, 0.3) is 0 Å². The summed E-state index contributed by atoms with van der Waals surface area (Å²) in [6, 6.07) is 0.399. The average Bonchev–Trinajstić information content (AvgIpc) is 2.14. The molecule has 0 amide bonds. The summed E-state index contributed by atoms with van der Waals surface area (Å²) in [6.07, 6.45) is 4.48. The molecule has 0 unspecified atom stereocenters. The van der Waals surface area contributed by atoms with Gasteiger partial charge in [-0.15, -0.1) is 0 Å². The number of aromatic nitrogens is 2. The zero-order chi connectivity index (χ0) is 12.2. The van der Waals surface area contributed by atoms with Gasteiger partial charge in [-0.1, -0.05) is 13.8 Å². The standard InChI is InChI=1S/C10H17N3O2S/c1-8(2)11-4-9-5-12-10(13-6-9)7-16(3,14)15/h5-6,8,11H,4,7H2,1-3H3. The average molecular weight is 243 g/mol. The van der Waals surface area contributed by atoms with Crippen molar-refractivity contribution in [2.45, 2.75) is 32.2 Å². The van der Waals surface area contributed by atoms with E-state index in [0.29, 0.717) is 18.4 Å². The highest BCUT2D eigenvalue weighted by Crippen LogP contribution is 2.00. The molecule has 1 rings (SSSR count). The van der Waals surface area contributed by atoms with Crippen LogP contribution in [0.25, 0.3) is 0 Å². The third-order valence-corrected chi connectivity index (χ3v) is 2.65. The Morgan fingerprint density at radius 1 is 1.31 bits per heavy atom. The van der Waals surface area contributed by atoms with Gasteiger partial charge in [0, 0.05) is 36.8 Å². The predicted octanol–water partition coefficient (Wildman–Crippen LogP) is 0.519. The largest absolute Gasteiger partial charge is 0.310 e. The highest BCUT2D eigenvalue weighted by atomic mass is 32.2. The first kappa shape index (κ1) is 13.1. The van der Waals surface area contributed by atoms with E-state index >= 15 is 0 Å². The van der Waals surface area contributed by atoms with Crippen molar-refractivity contribution in [3.05, 3.63) is 23.8 Å². The van der Waals surface area contributed by atoms with Crippen molar-refractivity contribution in [2.24, 2.45) is 0 Å². The molecule has 1 N–H and O–H groups in total. The van der Waals surface area contributed by atoms with E-state index in [4.69, 9.17) is 0 Å². The minimum absolute atomic E-state index is 0.106. The Morgan fingerprint density at radius 2 is 1.88 bits per heavy atom. The fourth-order valence-corrected chi connectivity index (χ4v) is 1.72. The summed E-state index contributed by atoms with van der Waals surface area (Å²) >= 11 is 0. The number of sulfone groups is 1. The zero-order valence-corrected chi connectivity index (χ0v) is 10.6. The highest BCUT2D eigenvalue weighted by molar-refractivity contribution is 7.89. The molecule has 0 aliphatic carbocycles. The summed E-state index contributed by atoms with van der Waals surface area (Å²) < 4.78 is 22.0. The Bertz CT molecular complexity index is 426. The first-order valence-electron chi connectivity index (χ1n) is 5.08. The van der Waals surface area contributed by atoms with Crippen LogP contribution in [0.2, 0.25) is 0 Å². The Morgan fingerprint density at radius 3 is 2.31 bits per heavy atom. The SMILES string of the molecule is CC(C)NCc1cnc(CS(C)(=O)=O)nc1. The van der Waals surface area contributed by atoms with Gasteiger partial charge >= 0.3 is 0 Å². The van der Waals surface area contributed by atoms with Gasteiger partial charge in [0.15, 0.2) is 9.84 Å². The first-order valence-corrected chi connectivity index (χ1v) is 7.14. The Labute approximate surface area is 96.2 Å². The molecule has 0 radical (unpaired) electrons. The Balaban J connectivity index is 2.61. The molecule has 0 saturated carbocycles. The van der Waals surface area contributed by atoms with Crippen molar-refractivity contribution in [2.75, 3.05) is 6.26 Å². The predicted molar refractivity (Wildman–Crippen MR) is 62.6 cm³/mol. The van der Waals surface area contributed by atoms with Crippen LogP contribution in [-0.4, -0.2) is 30.7 Å². The van der Waals surface area contributed by atoms with Crippen LogP contribution < -0.4 is 5.32 Å². The lowest BCUT2D eigenvalue weighted by atomic mass is 10.3. The van der Waals surface area contributed by atoms with Gasteiger partial charge in [0.1, 0.15) is 11.6 Å². The van der Waals surface area contributed by atoms with E-state index in [1.807, 2.05) is 0 Å². The topological polar surface area (TPSA) is 72.0 Å². The lowest BCUT2D eigenvalue weighted by molar-refractivity contribution is 0.586. The molecule has 6 heteroatoms. The Hall–Kier alpha value is -1.01. The maximum atomic E-state index is 11.0. The fourth-order valence-electron chi connectivity index (χ4n) is 1.10. The van der Waals surface area contributed by atoms with E-state index < -0.39 is 9.84 Å². The van der Waals surface area contributed by atoms with E-state index in [2.05, 4.69) is 29.1 Å². The second-order valence-corrected chi connectivity index (χ2v) is 6.25. The van der Waals surface area contributed by atoms with Gasteiger partial charge in [-0.05, 0) is 0 Å². The Kier molecular flexibility index (Phi) is 4.37. The van der Waals surface area contributed by atoms with Crippen LogP contribution in [0.4, 0.5) is 0 Å². The molecule has 1 aromatic heterocycles. The minimum Gasteiger partial charge on any atom is -0.310 e. The second-order valence-electron chi connectivity index (χ2n) is 4.11. The van der Waals surface area contributed by atoms with Crippen LogP contribution in [0.15, 0.2) is 12.4 Å². The maximum Gasteiger partial charge on any atom is 0.154 e. The van der Waals surface area contributed by atoms with Gasteiger partial charge < -0.3 is 5.32 Å². The summed E-state index contributed by atoms with van der Waals surface area (Å²) in [5.41, 5.74) is 0.950. The van der Waals surface area contributed by atoms with Crippen LogP contribution in [-0.2, 0) is 22.1 Å². The monoisotopic (exact) mass is 243 g/mol. The van der Waals surface area contributed by atoms with Gasteiger partial charge in [-0.25, -0.2) is 18.4 Å². The lowest BCUT2D eigenvalue weighted by Crippen LogP contribution is -2.22. The van der Waals surface area contributed by atoms with Gasteiger partial charge in [0.2, 0.25) is 0 Å². The molecule has 5 nitrogen and oxygen atoms in total. The number of hydrogen-bond acceptors (Lipinski definition) is 5. The number of hydrogen-bond donors (Lipinski definition) is 1.